The predicted molar refractivity (Wildman–Crippen MR) is 67.8 cm³/mol. The quantitative estimate of drug-likeness (QED) is 0.808. The number of H-pyrrole nitrogens is 1. The fraction of sp³-hybridized carbons (Fsp3) is 0.231. The van der Waals surface area contributed by atoms with Gasteiger partial charge in [0.25, 0.3) is 5.56 Å². The van der Waals surface area contributed by atoms with Crippen molar-refractivity contribution < 1.29 is 4.74 Å². The van der Waals surface area contributed by atoms with Crippen molar-refractivity contribution in [3.63, 3.8) is 0 Å². The third-order valence-electron chi connectivity index (χ3n) is 2.83. The van der Waals surface area contributed by atoms with E-state index in [9.17, 15) is 4.79 Å². The van der Waals surface area contributed by atoms with Gasteiger partial charge in [0.1, 0.15) is 5.82 Å². The number of aromatic amines is 1. The molecular weight excluding hydrogens is 230 g/mol. The SMILES string of the molecule is Nc1ccccc1Oc1cc(=O)[nH]c(C2CC2)n1. The Balaban J connectivity index is 1.93. The molecule has 1 heterocycles. The Kier molecular flexibility index (Phi) is 2.51. The van der Waals surface area contributed by atoms with Gasteiger partial charge in [-0.1, -0.05) is 12.1 Å². The summed E-state index contributed by atoms with van der Waals surface area (Å²) in [7, 11) is 0. The lowest BCUT2D eigenvalue weighted by atomic mass is 10.3. The van der Waals surface area contributed by atoms with Crippen LogP contribution in [0, 0.1) is 0 Å². The molecule has 1 aliphatic carbocycles. The van der Waals surface area contributed by atoms with Crippen LogP contribution >= 0.6 is 0 Å². The molecule has 0 atom stereocenters. The third-order valence-corrected chi connectivity index (χ3v) is 2.83. The lowest BCUT2D eigenvalue weighted by molar-refractivity contribution is 0.459. The molecule has 3 N–H and O–H groups in total. The summed E-state index contributed by atoms with van der Waals surface area (Å²) in [6.07, 6.45) is 2.14. The van der Waals surface area contributed by atoms with Crippen molar-refractivity contribution >= 4 is 5.69 Å². The molecule has 0 amide bonds. The fourth-order valence-electron chi connectivity index (χ4n) is 1.74. The van der Waals surface area contributed by atoms with Gasteiger partial charge in [0.15, 0.2) is 5.75 Å². The summed E-state index contributed by atoms with van der Waals surface area (Å²) in [4.78, 5) is 18.5. The molecule has 92 valence electrons. The number of nitrogens with two attached hydrogens (primary N) is 1. The second kappa shape index (κ2) is 4.18. The summed E-state index contributed by atoms with van der Waals surface area (Å²) >= 11 is 0. The molecule has 0 spiro atoms. The van der Waals surface area contributed by atoms with Crippen LogP contribution in [0.5, 0.6) is 11.6 Å². The van der Waals surface area contributed by atoms with Crippen LogP contribution in [0.2, 0.25) is 0 Å². The number of aromatic nitrogens is 2. The standard InChI is InChI=1S/C13H13N3O2/c14-9-3-1-2-4-10(9)18-12-7-11(17)15-13(16-12)8-5-6-8/h1-4,7-8H,5-6,14H2,(H,15,16,17). The molecule has 5 nitrogen and oxygen atoms in total. The molecule has 1 aromatic carbocycles. The topological polar surface area (TPSA) is 81.0 Å². The average molecular weight is 243 g/mol. The number of hydrogen-bond donors (Lipinski definition) is 2. The molecule has 5 heteroatoms. The Hall–Kier alpha value is -2.30. The van der Waals surface area contributed by atoms with Crippen LogP contribution in [0.15, 0.2) is 35.1 Å². The van der Waals surface area contributed by atoms with Gasteiger partial charge in [-0.15, -0.1) is 0 Å². The molecule has 0 unspecified atom stereocenters. The third kappa shape index (κ3) is 2.20. The molecule has 2 aromatic rings. The van der Waals surface area contributed by atoms with Crippen molar-refractivity contribution in [3.05, 3.63) is 46.5 Å². The monoisotopic (exact) mass is 243 g/mol. The smallest absolute Gasteiger partial charge is 0.254 e. The maximum atomic E-state index is 11.5. The van der Waals surface area contributed by atoms with Crippen LogP contribution < -0.4 is 16.0 Å². The first kappa shape index (κ1) is 10.8. The van der Waals surface area contributed by atoms with E-state index in [1.165, 1.54) is 6.07 Å². The molecule has 0 saturated heterocycles. The van der Waals surface area contributed by atoms with Crippen LogP contribution in [0.1, 0.15) is 24.6 Å². The first-order chi connectivity index (χ1) is 8.72. The van der Waals surface area contributed by atoms with E-state index in [4.69, 9.17) is 10.5 Å². The fourth-order valence-corrected chi connectivity index (χ4v) is 1.74. The predicted octanol–water partition coefficient (Wildman–Crippen LogP) is 2.02. The van der Waals surface area contributed by atoms with Crippen molar-refractivity contribution in [2.45, 2.75) is 18.8 Å². The first-order valence-electron chi connectivity index (χ1n) is 5.86. The highest BCUT2D eigenvalue weighted by molar-refractivity contribution is 5.52. The number of nitrogens with one attached hydrogen (secondary N) is 1. The Labute approximate surface area is 104 Å². The minimum absolute atomic E-state index is 0.198. The first-order valence-corrected chi connectivity index (χ1v) is 5.86. The molecule has 0 radical (unpaired) electrons. The molecule has 3 rings (SSSR count). The van der Waals surface area contributed by atoms with Crippen molar-refractivity contribution in [3.8, 4) is 11.6 Å². The summed E-state index contributed by atoms with van der Waals surface area (Å²) in [6.45, 7) is 0. The molecule has 1 fully saturated rings. The van der Waals surface area contributed by atoms with E-state index in [0.717, 1.165) is 12.8 Å². The molecule has 1 aromatic heterocycles. The van der Waals surface area contributed by atoms with Gasteiger partial charge in [-0.05, 0) is 25.0 Å². The van der Waals surface area contributed by atoms with Gasteiger partial charge >= 0.3 is 0 Å². The Morgan fingerprint density at radius 3 is 2.83 bits per heavy atom. The summed E-state index contributed by atoms with van der Waals surface area (Å²) in [5, 5.41) is 0. The lowest BCUT2D eigenvalue weighted by Gasteiger charge is -2.07. The van der Waals surface area contributed by atoms with Gasteiger partial charge in [-0.25, -0.2) is 0 Å². The van der Waals surface area contributed by atoms with E-state index in [-0.39, 0.29) is 5.56 Å². The van der Waals surface area contributed by atoms with Crippen LogP contribution in [0.4, 0.5) is 5.69 Å². The van der Waals surface area contributed by atoms with Crippen molar-refractivity contribution in [2.75, 3.05) is 5.73 Å². The second-order valence-corrected chi connectivity index (χ2v) is 4.38. The van der Waals surface area contributed by atoms with Gasteiger partial charge in [0.05, 0.1) is 11.8 Å². The highest BCUT2D eigenvalue weighted by atomic mass is 16.5. The van der Waals surface area contributed by atoms with Crippen LogP contribution in [-0.4, -0.2) is 9.97 Å². The zero-order chi connectivity index (χ0) is 12.5. The normalized spacial score (nSPS) is 14.4. The summed E-state index contributed by atoms with van der Waals surface area (Å²) in [5.41, 5.74) is 6.10. The number of benzene rings is 1. The van der Waals surface area contributed by atoms with E-state index in [1.807, 2.05) is 12.1 Å². The zero-order valence-electron chi connectivity index (χ0n) is 9.72. The van der Waals surface area contributed by atoms with Crippen LogP contribution in [-0.2, 0) is 0 Å². The zero-order valence-corrected chi connectivity index (χ0v) is 9.72. The largest absolute Gasteiger partial charge is 0.437 e. The van der Waals surface area contributed by atoms with Crippen LogP contribution in [0.3, 0.4) is 0 Å². The molecule has 1 aliphatic rings. The number of para-hydroxylation sites is 2. The maximum Gasteiger partial charge on any atom is 0.254 e. The summed E-state index contributed by atoms with van der Waals surface area (Å²) < 4.78 is 5.55. The number of nitrogens with zero attached hydrogens (tertiary/aromatic N) is 1. The van der Waals surface area contributed by atoms with Gasteiger partial charge in [0.2, 0.25) is 5.88 Å². The van der Waals surface area contributed by atoms with Gasteiger partial charge < -0.3 is 15.5 Å². The van der Waals surface area contributed by atoms with E-state index in [0.29, 0.717) is 29.1 Å². The van der Waals surface area contributed by atoms with E-state index in [2.05, 4.69) is 9.97 Å². The molecular formula is C13H13N3O2. The number of anilines is 1. The number of rotatable bonds is 3. The summed E-state index contributed by atoms with van der Waals surface area (Å²) in [5.74, 6) is 1.87. The second-order valence-electron chi connectivity index (χ2n) is 4.38. The van der Waals surface area contributed by atoms with Crippen molar-refractivity contribution in [1.29, 1.82) is 0 Å². The maximum absolute atomic E-state index is 11.5. The lowest BCUT2D eigenvalue weighted by Crippen LogP contribution is -2.10. The Bertz CT molecular complexity index is 632. The highest BCUT2D eigenvalue weighted by Crippen LogP contribution is 2.38. The van der Waals surface area contributed by atoms with E-state index in [1.54, 1.807) is 12.1 Å². The Morgan fingerprint density at radius 1 is 1.33 bits per heavy atom. The molecule has 1 saturated carbocycles. The van der Waals surface area contributed by atoms with Gasteiger partial charge in [0, 0.05) is 5.92 Å². The molecule has 18 heavy (non-hydrogen) atoms. The molecule has 0 aliphatic heterocycles. The van der Waals surface area contributed by atoms with Crippen molar-refractivity contribution in [1.82, 2.24) is 9.97 Å². The number of nitrogen functional groups attached to an aromatic ring is 1. The van der Waals surface area contributed by atoms with Gasteiger partial charge in [-0.3, -0.25) is 4.79 Å². The van der Waals surface area contributed by atoms with E-state index < -0.39 is 0 Å². The molecule has 0 bridgehead atoms. The number of ether oxygens (including phenoxy) is 1. The van der Waals surface area contributed by atoms with E-state index >= 15 is 0 Å². The highest BCUT2D eigenvalue weighted by Gasteiger charge is 2.26. The average Bonchev–Trinajstić information content (AvgIpc) is 3.15. The Morgan fingerprint density at radius 2 is 2.11 bits per heavy atom. The number of hydrogen-bond acceptors (Lipinski definition) is 4. The minimum atomic E-state index is -0.198. The van der Waals surface area contributed by atoms with Crippen LogP contribution in [0.25, 0.3) is 0 Å². The summed E-state index contributed by atoms with van der Waals surface area (Å²) in [6, 6.07) is 8.46. The minimum Gasteiger partial charge on any atom is -0.437 e. The van der Waals surface area contributed by atoms with Gasteiger partial charge in [-0.2, -0.15) is 4.98 Å². The van der Waals surface area contributed by atoms with Crippen molar-refractivity contribution in [2.24, 2.45) is 0 Å².